The standard InChI is InChI=1S/C12H14FN5S/c13-10-5-15-12(17-14)16-11(10)18(9-1-2-9)6-8-3-4-19-7-8/h3-5,7,9H,1-2,6,14H2,(H,15,16,17). The van der Waals surface area contributed by atoms with Crippen molar-refractivity contribution in [2.75, 3.05) is 10.3 Å². The molecule has 0 spiro atoms. The first-order valence-electron chi connectivity index (χ1n) is 6.05. The van der Waals surface area contributed by atoms with E-state index in [1.165, 1.54) is 0 Å². The molecule has 1 saturated carbocycles. The number of nitrogens with zero attached hydrogens (tertiary/aromatic N) is 3. The molecule has 0 aliphatic heterocycles. The van der Waals surface area contributed by atoms with Gasteiger partial charge in [0.2, 0.25) is 5.95 Å². The highest BCUT2D eigenvalue weighted by Gasteiger charge is 2.32. The molecule has 0 unspecified atom stereocenters. The maximum absolute atomic E-state index is 13.9. The van der Waals surface area contributed by atoms with Gasteiger partial charge in [0.15, 0.2) is 11.6 Å². The third-order valence-electron chi connectivity index (χ3n) is 3.05. The number of nitrogens with one attached hydrogen (secondary N) is 1. The van der Waals surface area contributed by atoms with Gasteiger partial charge >= 0.3 is 0 Å². The van der Waals surface area contributed by atoms with E-state index in [9.17, 15) is 4.39 Å². The van der Waals surface area contributed by atoms with Crippen LogP contribution in [-0.2, 0) is 6.54 Å². The van der Waals surface area contributed by atoms with Gasteiger partial charge in [-0.1, -0.05) is 0 Å². The Labute approximate surface area is 114 Å². The highest BCUT2D eigenvalue weighted by Crippen LogP contribution is 2.33. The Morgan fingerprint density at radius 3 is 3.00 bits per heavy atom. The van der Waals surface area contributed by atoms with Crippen molar-refractivity contribution in [3.05, 3.63) is 34.4 Å². The zero-order chi connectivity index (χ0) is 13.2. The number of hydrogen-bond donors (Lipinski definition) is 2. The second-order valence-corrected chi connectivity index (χ2v) is 5.28. The largest absolute Gasteiger partial charge is 0.347 e. The third kappa shape index (κ3) is 2.66. The fourth-order valence-corrected chi connectivity index (χ4v) is 2.63. The van der Waals surface area contributed by atoms with Crippen LogP contribution in [0.2, 0.25) is 0 Å². The van der Waals surface area contributed by atoms with Crippen molar-refractivity contribution < 1.29 is 4.39 Å². The van der Waals surface area contributed by atoms with E-state index in [1.807, 2.05) is 16.3 Å². The molecule has 7 heteroatoms. The van der Waals surface area contributed by atoms with Crippen LogP contribution in [0.25, 0.3) is 0 Å². The highest BCUT2D eigenvalue weighted by molar-refractivity contribution is 7.07. The summed E-state index contributed by atoms with van der Waals surface area (Å²) in [5.74, 6) is 5.41. The Morgan fingerprint density at radius 1 is 1.53 bits per heavy atom. The summed E-state index contributed by atoms with van der Waals surface area (Å²) in [5.41, 5.74) is 3.52. The topological polar surface area (TPSA) is 67.1 Å². The molecule has 0 amide bonds. The molecular formula is C12H14FN5S. The summed E-state index contributed by atoms with van der Waals surface area (Å²) in [5, 5.41) is 4.08. The number of aromatic nitrogens is 2. The average molecular weight is 279 g/mol. The van der Waals surface area contributed by atoms with Crippen LogP contribution in [-0.4, -0.2) is 16.0 Å². The molecule has 1 fully saturated rings. The third-order valence-corrected chi connectivity index (χ3v) is 3.78. The second kappa shape index (κ2) is 5.10. The smallest absolute Gasteiger partial charge is 0.239 e. The normalized spacial score (nSPS) is 14.4. The van der Waals surface area contributed by atoms with E-state index < -0.39 is 5.82 Å². The van der Waals surface area contributed by atoms with Crippen LogP contribution in [0.3, 0.4) is 0 Å². The Hall–Kier alpha value is -1.73. The minimum absolute atomic E-state index is 0.229. The van der Waals surface area contributed by atoms with Gasteiger partial charge in [0.25, 0.3) is 0 Å². The molecule has 0 saturated heterocycles. The summed E-state index contributed by atoms with van der Waals surface area (Å²) >= 11 is 1.64. The number of hydrazine groups is 1. The number of thiophene rings is 1. The molecule has 0 radical (unpaired) electrons. The number of rotatable bonds is 5. The van der Waals surface area contributed by atoms with Crippen molar-refractivity contribution in [2.24, 2.45) is 5.84 Å². The van der Waals surface area contributed by atoms with Crippen molar-refractivity contribution in [1.29, 1.82) is 0 Å². The first kappa shape index (κ1) is 12.3. The molecule has 19 heavy (non-hydrogen) atoms. The quantitative estimate of drug-likeness (QED) is 0.648. The lowest BCUT2D eigenvalue weighted by atomic mass is 10.3. The summed E-state index contributed by atoms with van der Waals surface area (Å²) in [4.78, 5) is 9.90. The highest BCUT2D eigenvalue weighted by atomic mass is 32.1. The van der Waals surface area contributed by atoms with Crippen LogP contribution in [0, 0.1) is 5.82 Å². The average Bonchev–Trinajstić information content (AvgIpc) is 3.14. The molecule has 2 heterocycles. The van der Waals surface area contributed by atoms with E-state index >= 15 is 0 Å². The van der Waals surface area contributed by atoms with E-state index in [-0.39, 0.29) is 5.95 Å². The van der Waals surface area contributed by atoms with Gasteiger partial charge in [-0.3, -0.25) is 5.43 Å². The van der Waals surface area contributed by atoms with Gasteiger partial charge in [0, 0.05) is 12.6 Å². The molecule has 2 aromatic heterocycles. The molecule has 5 nitrogen and oxygen atoms in total. The summed E-state index contributed by atoms with van der Waals surface area (Å²) < 4.78 is 13.9. The van der Waals surface area contributed by atoms with E-state index in [0.29, 0.717) is 18.4 Å². The maximum Gasteiger partial charge on any atom is 0.239 e. The van der Waals surface area contributed by atoms with Gasteiger partial charge in [-0.2, -0.15) is 16.3 Å². The molecule has 100 valence electrons. The lowest BCUT2D eigenvalue weighted by Crippen LogP contribution is -2.27. The molecule has 0 atom stereocenters. The van der Waals surface area contributed by atoms with Gasteiger partial charge in [-0.05, 0) is 35.2 Å². The van der Waals surface area contributed by atoms with Gasteiger partial charge in [-0.25, -0.2) is 15.2 Å². The molecule has 0 aromatic carbocycles. The zero-order valence-electron chi connectivity index (χ0n) is 10.2. The number of nitrogen functional groups attached to an aromatic ring is 1. The van der Waals surface area contributed by atoms with Crippen LogP contribution in [0.5, 0.6) is 0 Å². The summed E-state index contributed by atoms with van der Waals surface area (Å²) in [7, 11) is 0. The summed E-state index contributed by atoms with van der Waals surface area (Å²) in [6.45, 7) is 0.659. The Kier molecular flexibility index (Phi) is 3.31. The van der Waals surface area contributed by atoms with Crippen LogP contribution in [0.1, 0.15) is 18.4 Å². The molecule has 1 aliphatic carbocycles. The van der Waals surface area contributed by atoms with Crippen molar-refractivity contribution in [3.63, 3.8) is 0 Å². The molecular weight excluding hydrogens is 265 g/mol. The molecule has 0 bridgehead atoms. The van der Waals surface area contributed by atoms with Crippen LogP contribution >= 0.6 is 11.3 Å². The monoisotopic (exact) mass is 279 g/mol. The van der Waals surface area contributed by atoms with E-state index in [1.54, 1.807) is 11.3 Å². The van der Waals surface area contributed by atoms with Crippen molar-refractivity contribution >= 4 is 23.1 Å². The molecule has 2 aromatic rings. The maximum atomic E-state index is 13.9. The number of halogens is 1. The minimum atomic E-state index is -0.416. The van der Waals surface area contributed by atoms with Gasteiger partial charge in [-0.15, -0.1) is 0 Å². The zero-order valence-corrected chi connectivity index (χ0v) is 11.0. The van der Waals surface area contributed by atoms with Crippen molar-refractivity contribution in [2.45, 2.75) is 25.4 Å². The SMILES string of the molecule is NNc1ncc(F)c(N(Cc2ccsc2)C2CC2)n1. The summed E-state index contributed by atoms with van der Waals surface area (Å²) in [6, 6.07) is 2.40. The predicted octanol–water partition coefficient (Wildman–Crippen LogP) is 2.13. The van der Waals surface area contributed by atoms with Crippen LogP contribution < -0.4 is 16.2 Å². The molecule has 1 aliphatic rings. The van der Waals surface area contributed by atoms with Gasteiger partial charge in [0.05, 0.1) is 6.20 Å². The van der Waals surface area contributed by atoms with E-state index in [0.717, 1.165) is 24.6 Å². The van der Waals surface area contributed by atoms with Crippen molar-refractivity contribution in [3.8, 4) is 0 Å². The number of anilines is 2. The first-order chi connectivity index (χ1) is 9.28. The Morgan fingerprint density at radius 2 is 2.37 bits per heavy atom. The first-order valence-corrected chi connectivity index (χ1v) is 6.99. The van der Waals surface area contributed by atoms with E-state index in [2.05, 4.69) is 20.8 Å². The minimum Gasteiger partial charge on any atom is -0.347 e. The fourth-order valence-electron chi connectivity index (χ4n) is 1.97. The lowest BCUT2D eigenvalue weighted by Gasteiger charge is -2.23. The molecule has 3 N–H and O–H groups in total. The Bertz CT molecular complexity index is 555. The van der Waals surface area contributed by atoms with Crippen LogP contribution in [0.15, 0.2) is 23.0 Å². The number of nitrogens with two attached hydrogens (primary N) is 1. The predicted molar refractivity (Wildman–Crippen MR) is 73.3 cm³/mol. The van der Waals surface area contributed by atoms with Crippen LogP contribution in [0.4, 0.5) is 16.2 Å². The van der Waals surface area contributed by atoms with Gasteiger partial charge < -0.3 is 4.90 Å². The number of hydrogen-bond acceptors (Lipinski definition) is 6. The van der Waals surface area contributed by atoms with Crippen molar-refractivity contribution in [1.82, 2.24) is 9.97 Å². The molecule has 3 rings (SSSR count). The van der Waals surface area contributed by atoms with Gasteiger partial charge in [0.1, 0.15) is 0 Å². The summed E-state index contributed by atoms with van der Waals surface area (Å²) in [6.07, 6.45) is 3.29. The van der Waals surface area contributed by atoms with E-state index in [4.69, 9.17) is 5.84 Å². The fraction of sp³-hybridized carbons (Fsp3) is 0.333. The second-order valence-electron chi connectivity index (χ2n) is 4.50. The lowest BCUT2D eigenvalue weighted by molar-refractivity contribution is 0.599. The Balaban J connectivity index is 1.91.